The molecular formula is C20H23ClFN5O. The second-order valence-electron chi connectivity index (χ2n) is 6.90. The molecule has 148 valence electrons. The van der Waals surface area contributed by atoms with Gasteiger partial charge in [-0.05, 0) is 55.8 Å². The molecule has 4 N–H and O–H groups in total. The summed E-state index contributed by atoms with van der Waals surface area (Å²) in [6.07, 6.45) is 0.539. The van der Waals surface area contributed by atoms with Gasteiger partial charge in [-0.3, -0.25) is 4.79 Å². The summed E-state index contributed by atoms with van der Waals surface area (Å²) in [6, 6.07) is 13.1. The van der Waals surface area contributed by atoms with Gasteiger partial charge < -0.3 is 10.6 Å². The van der Waals surface area contributed by atoms with Crippen molar-refractivity contribution in [3.63, 3.8) is 0 Å². The lowest BCUT2D eigenvalue weighted by molar-refractivity contribution is 0.100. The van der Waals surface area contributed by atoms with Crippen molar-refractivity contribution in [1.82, 2.24) is 21.5 Å². The number of hydrogen-bond acceptors (Lipinski definition) is 3. The van der Waals surface area contributed by atoms with E-state index < -0.39 is 0 Å². The van der Waals surface area contributed by atoms with E-state index in [1.807, 2.05) is 13.8 Å². The topological polar surface area (TPSA) is 77.5 Å². The van der Waals surface area contributed by atoms with Gasteiger partial charge >= 0.3 is 0 Å². The van der Waals surface area contributed by atoms with E-state index in [1.165, 1.54) is 12.1 Å². The van der Waals surface area contributed by atoms with Crippen LogP contribution in [0.15, 0.2) is 53.5 Å². The molecule has 0 aromatic heterocycles. The van der Waals surface area contributed by atoms with Gasteiger partial charge in [0, 0.05) is 29.1 Å². The third-order valence-electron chi connectivity index (χ3n) is 4.22. The van der Waals surface area contributed by atoms with Gasteiger partial charge in [-0.25, -0.2) is 15.2 Å². The molecule has 2 aromatic rings. The standard InChI is InChI=1S/C20H23ClFN5O/c1-12(2)23-20(25-19(28)14-3-7-15(21)8-4-14)24-18-11-17(26-27-18)13-5-9-16(22)10-6-13/h3-10,12,17-18,26-27H,11H2,1-2H3,(H2,23,24,25,28). The van der Waals surface area contributed by atoms with Crippen LogP contribution >= 0.6 is 11.6 Å². The number of rotatable bonds is 4. The highest BCUT2D eigenvalue weighted by molar-refractivity contribution is 6.30. The minimum absolute atomic E-state index is 0.0189. The number of carbonyl (C=O) groups excluding carboxylic acids is 1. The van der Waals surface area contributed by atoms with Crippen molar-refractivity contribution in [1.29, 1.82) is 0 Å². The second kappa shape index (κ2) is 9.14. The third kappa shape index (κ3) is 5.51. The summed E-state index contributed by atoms with van der Waals surface area (Å²) in [5.41, 5.74) is 7.75. The molecule has 0 spiro atoms. The quantitative estimate of drug-likeness (QED) is 0.466. The number of carbonyl (C=O) groups is 1. The Morgan fingerprint density at radius 1 is 1.14 bits per heavy atom. The van der Waals surface area contributed by atoms with E-state index in [0.29, 0.717) is 23.0 Å². The summed E-state index contributed by atoms with van der Waals surface area (Å²) in [4.78, 5) is 16.6. The number of nitrogens with zero attached hydrogens (tertiary/aromatic N) is 1. The fourth-order valence-electron chi connectivity index (χ4n) is 2.87. The lowest BCUT2D eigenvalue weighted by atomic mass is 10.0. The minimum atomic E-state index is -0.367. The summed E-state index contributed by atoms with van der Waals surface area (Å²) < 4.78 is 13.1. The molecule has 2 atom stereocenters. The Morgan fingerprint density at radius 3 is 2.46 bits per heavy atom. The van der Waals surface area contributed by atoms with Crippen molar-refractivity contribution < 1.29 is 9.18 Å². The van der Waals surface area contributed by atoms with Crippen LogP contribution in [0.2, 0.25) is 5.02 Å². The van der Waals surface area contributed by atoms with Crippen molar-refractivity contribution in [2.24, 2.45) is 4.99 Å². The van der Waals surface area contributed by atoms with Crippen molar-refractivity contribution in [3.8, 4) is 0 Å². The highest BCUT2D eigenvalue weighted by Gasteiger charge is 2.26. The molecule has 1 aliphatic heterocycles. The predicted molar refractivity (Wildman–Crippen MR) is 108 cm³/mol. The smallest absolute Gasteiger partial charge is 0.280 e. The van der Waals surface area contributed by atoms with Crippen LogP contribution in [-0.4, -0.2) is 24.1 Å². The van der Waals surface area contributed by atoms with Crippen molar-refractivity contribution in [3.05, 3.63) is 70.5 Å². The summed E-state index contributed by atoms with van der Waals surface area (Å²) in [5.74, 6) is -0.247. The first kappa shape index (κ1) is 20.3. The summed E-state index contributed by atoms with van der Waals surface area (Å²) >= 11 is 5.87. The number of hydrogen-bond donors (Lipinski definition) is 4. The number of hydrazine groups is 1. The number of guanidine groups is 1. The average Bonchev–Trinajstić information content (AvgIpc) is 3.10. The fraction of sp³-hybridized carbons (Fsp3) is 0.300. The van der Waals surface area contributed by atoms with Crippen LogP contribution in [0.3, 0.4) is 0 Å². The van der Waals surface area contributed by atoms with Crippen molar-refractivity contribution >= 4 is 23.5 Å². The Morgan fingerprint density at radius 2 is 1.82 bits per heavy atom. The van der Waals surface area contributed by atoms with E-state index >= 15 is 0 Å². The van der Waals surface area contributed by atoms with Crippen LogP contribution in [0.25, 0.3) is 0 Å². The normalized spacial score (nSPS) is 19.7. The van der Waals surface area contributed by atoms with E-state index in [-0.39, 0.29) is 30.0 Å². The van der Waals surface area contributed by atoms with E-state index in [9.17, 15) is 9.18 Å². The molecule has 3 rings (SSSR count). The van der Waals surface area contributed by atoms with E-state index in [0.717, 1.165) is 5.56 Å². The van der Waals surface area contributed by atoms with Gasteiger partial charge in [0.25, 0.3) is 5.91 Å². The summed E-state index contributed by atoms with van der Waals surface area (Å²) in [6.45, 7) is 3.93. The highest BCUT2D eigenvalue weighted by Crippen LogP contribution is 2.21. The molecule has 2 aromatic carbocycles. The fourth-order valence-corrected chi connectivity index (χ4v) is 2.99. The molecule has 1 aliphatic rings. The van der Waals surface area contributed by atoms with E-state index in [2.05, 4.69) is 26.5 Å². The molecule has 8 heteroatoms. The number of benzene rings is 2. The first-order valence-corrected chi connectivity index (χ1v) is 9.46. The van der Waals surface area contributed by atoms with Gasteiger partial charge in [-0.15, -0.1) is 0 Å². The zero-order valence-electron chi connectivity index (χ0n) is 15.7. The summed E-state index contributed by atoms with van der Waals surface area (Å²) in [5, 5.41) is 6.93. The molecule has 0 radical (unpaired) electrons. The van der Waals surface area contributed by atoms with Gasteiger partial charge in [-0.1, -0.05) is 23.7 Å². The first-order valence-electron chi connectivity index (χ1n) is 9.09. The van der Waals surface area contributed by atoms with Gasteiger partial charge in [0.2, 0.25) is 5.96 Å². The largest absolute Gasteiger partial charge is 0.354 e. The zero-order valence-corrected chi connectivity index (χ0v) is 16.4. The van der Waals surface area contributed by atoms with Crippen molar-refractivity contribution in [2.75, 3.05) is 0 Å². The predicted octanol–water partition coefficient (Wildman–Crippen LogP) is 3.13. The molecule has 2 unspecified atom stereocenters. The van der Waals surface area contributed by atoms with Crippen LogP contribution < -0.4 is 21.5 Å². The Balaban J connectivity index is 1.68. The van der Waals surface area contributed by atoms with Gasteiger partial charge in [0.15, 0.2) is 0 Å². The lowest BCUT2D eigenvalue weighted by Gasteiger charge is -2.19. The van der Waals surface area contributed by atoms with Crippen LogP contribution in [0.1, 0.15) is 42.2 Å². The summed E-state index contributed by atoms with van der Waals surface area (Å²) in [7, 11) is 0. The molecule has 0 saturated carbocycles. The average molecular weight is 404 g/mol. The molecule has 0 bridgehead atoms. The van der Waals surface area contributed by atoms with Crippen LogP contribution in [0.4, 0.5) is 4.39 Å². The molecule has 6 nitrogen and oxygen atoms in total. The molecular weight excluding hydrogens is 381 g/mol. The SMILES string of the molecule is CC(C)N/C(=N/C(=O)c1ccc(Cl)cc1)NC1CC(c2ccc(F)cc2)NN1. The highest BCUT2D eigenvalue weighted by atomic mass is 35.5. The maximum Gasteiger partial charge on any atom is 0.280 e. The van der Waals surface area contributed by atoms with E-state index in [1.54, 1.807) is 36.4 Å². The van der Waals surface area contributed by atoms with Gasteiger partial charge in [-0.2, -0.15) is 4.99 Å². The minimum Gasteiger partial charge on any atom is -0.354 e. The van der Waals surface area contributed by atoms with Crippen molar-refractivity contribution in [2.45, 2.75) is 38.5 Å². The lowest BCUT2D eigenvalue weighted by Crippen LogP contribution is -2.51. The van der Waals surface area contributed by atoms with E-state index in [4.69, 9.17) is 11.6 Å². The number of halogens is 2. The number of amides is 1. The molecule has 0 aliphatic carbocycles. The monoisotopic (exact) mass is 403 g/mol. The number of nitrogens with one attached hydrogen (secondary N) is 4. The molecule has 1 heterocycles. The van der Waals surface area contributed by atoms with Crippen LogP contribution in [0, 0.1) is 5.82 Å². The van der Waals surface area contributed by atoms with Gasteiger partial charge in [0.05, 0.1) is 6.17 Å². The maximum absolute atomic E-state index is 13.1. The Bertz CT molecular complexity index is 839. The number of aliphatic imine (C=N–C) groups is 1. The molecule has 1 fully saturated rings. The van der Waals surface area contributed by atoms with Crippen LogP contribution in [0.5, 0.6) is 0 Å². The Labute approximate surface area is 168 Å². The third-order valence-corrected chi connectivity index (χ3v) is 4.47. The molecule has 1 amide bonds. The van der Waals surface area contributed by atoms with Gasteiger partial charge in [0.1, 0.15) is 5.82 Å². The maximum atomic E-state index is 13.1. The van der Waals surface area contributed by atoms with Crippen LogP contribution in [-0.2, 0) is 0 Å². The zero-order chi connectivity index (χ0) is 20.1. The molecule has 1 saturated heterocycles. The Kier molecular flexibility index (Phi) is 6.61. The second-order valence-corrected chi connectivity index (χ2v) is 7.33. The molecule has 28 heavy (non-hydrogen) atoms. The Hall–Kier alpha value is -2.48. The first-order chi connectivity index (χ1) is 13.4.